The zero-order valence-corrected chi connectivity index (χ0v) is 19.5. The van der Waals surface area contributed by atoms with Crippen LogP contribution in [0.25, 0.3) is 10.2 Å². The number of hydrogen-bond donors (Lipinski definition) is 3. The van der Waals surface area contributed by atoms with Gasteiger partial charge in [-0.2, -0.15) is 0 Å². The smallest absolute Gasteiger partial charge is 0.263 e. The summed E-state index contributed by atoms with van der Waals surface area (Å²) in [5.41, 5.74) is 9.18. The molecule has 1 spiro atoms. The third-order valence-corrected chi connectivity index (χ3v) is 8.29. The second-order valence-electron chi connectivity index (χ2n) is 9.69. The lowest BCUT2D eigenvalue weighted by molar-refractivity contribution is 0.0919. The highest BCUT2D eigenvalue weighted by molar-refractivity contribution is 7.21. The maximum absolute atomic E-state index is 12.9. The Kier molecular flexibility index (Phi) is 4.96. The zero-order valence-electron chi connectivity index (χ0n) is 18.6. The summed E-state index contributed by atoms with van der Waals surface area (Å²) in [6.45, 7) is 4.59. The first-order valence-electron chi connectivity index (χ1n) is 11.6. The van der Waals surface area contributed by atoms with E-state index in [2.05, 4.69) is 21.7 Å². The normalized spacial score (nSPS) is 23.1. The van der Waals surface area contributed by atoms with Crippen molar-refractivity contribution in [2.45, 2.75) is 44.8 Å². The number of nitrogen functional groups attached to an aromatic ring is 1. The molecule has 8 heteroatoms. The number of thiophene rings is 1. The number of hydrogen-bond acceptors (Lipinski definition) is 7. The van der Waals surface area contributed by atoms with Crippen LogP contribution in [0, 0.1) is 12.3 Å². The van der Waals surface area contributed by atoms with Crippen molar-refractivity contribution in [3.05, 3.63) is 46.5 Å². The van der Waals surface area contributed by atoms with Crippen molar-refractivity contribution >= 4 is 33.1 Å². The molecule has 1 aliphatic carbocycles. The van der Waals surface area contributed by atoms with Gasteiger partial charge in [-0.05, 0) is 61.8 Å². The molecule has 1 amide bonds. The maximum Gasteiger partial charge on any atom is 0.263 e. The van der Waals surface area contributed by atoms with Gasteiger partial charge in [-0.1, -0.05) is 6.07 Å². The summed E-state index contributed by atoms with van der Waals surface area (Å²) in [5, 5.41) is 7.31. The molecule has 2 aromatic heterocycles. The minimum absolute atomic E-state index is 0.114. The molecule has 2 aliphatic heterocycles. The van der Waals surface area contributed by atoms with Crippen molar-refractivity contribution in [1.29, 1.82) is 0 Å². The Morgan fingerprint density at radius 2 is 2.21 bits per heavy atom. The maximum atomic E-state index is 12.9. The van der Waals surface area contributed by atoms with Crippen molar-refractivity contribution in [3.8, 4) is 11.5 Å². The van der Waals surface area contributed by atoms with Gasteiger partial charge in [-0.15, -0.1) is 11.3 Å². The quantitative estimate of drug-likeness (QED) is 0.547. The van der Waals surface area contributed by atoms with Crippen molar-refractivity contribution < 1.29 is 14.3 Å². The molecule has 2 fully saturated rings. The molecule has 4 heterocycles. The number of anilines is 1. The first kappa shape index (κ1) is 20.7. The number of benzene rings is 1. The average Bonchev–Trinajstić information content (AvgIpc) is 3.35. The van der Waals surface area contributed by atoms with Gasteiger partial charge in [-0.25, -0.2) is 4.98 Å². The summed E-state index contributed by atoms with van der Waals surface area (Å²) in [7, 11) is 0. The van der Waals surface area contributed by atoms with Gasteiger partial charge in [0.15, 0.2) is 0 Å². The van der Waals surface area contributed by atoms with Crippen molar-refractivity contribution in [2.24, 2.45) is 5.41 Å². The van der Waals surface area contributed by atoms with Crippen LogP contribution in [-0.2, 0) is 6.42 Å². The Morgan fingerprint density at radius 1 is 1.33 bits per heavy atom. The molecule has 0 radical (unpaired) electrons. The Balaban J connectivity index is 1.11. The summed E-state index contributed by atoms with van der Waals surface area (Å²) >= 11 is 1.33. The predicted octanol–water partition coefficient (Wildman–Crippen LogP) is 3.44. The Bertz CT molecular complexity index is 1240. The molecule has 1 aromatic carbocycles. The van der Waals surface area contributed by atoms with Crippen LogP contribution >= 0.6 is 11.3 Å². The Morgan fingerprint density at radius 3 is 3.00 bits per heavy atom. The van der Waals surface area contributed by atoms with Crippen molar-refractivity contribution in [2.75, 3.05) is 25.4 Å². The van der Waals surface area contributed by atoms with Crippen LogP contribution in [0.3, 0.4) is 0 Å². The monoisotopic (exact) mass is 464 g/mol. The van der Waals surface area contributed by atoms with Gasteiger partial charge in [0, 0.05) is 30.2 Å². The van der Waals surface area contributed by atoms with E-state index < -0.39 is 0 Å². The topological polar surface area (TPSA) is 98.5 Å². The molecule has 3 aliphatic rings. The highest BCUT2D eigenvalue weighted by atomic mass is 32.1. The van der Waals surface area contributed by atoms with E-state index in [1.165, 1.54) is 17.8 Å². The summed E-state index contributed by atoms with van der Waals surface area (Å²) < 4.78 is 12.3. The van der Waals surface area contributed by atoms with Gasteiger partial charge in [0.25, 0.3) is 5.91 Å². The SMILES string of the molecule is Cc1ccc2c(N)c(C(=O)N[C@H]3COc4cc(O[C@H]5CCC6(CNC6)C5)ccc4C3)sc2n1. The van der Waals surface area contributed by atoms with E-state index >= 15 is 0 Å². The Hall–Kier alpha value is -2.84. The molecular formula is C25H28N4O3S. The summed E-state index contributed by atoms with van der Waals surface area (Å²) in [6, 6.07) is 9.79. The molecule has 6 rings (SSSR count). The van der Waals surface area contributed by atoms with E-state index in [1.54, 1.807) is 0 Å². The zero-order chi connectivity index (χ0) is 22.6. The first-order valence-corrected chi connectivity index (χ1v) is 12.4. The van der Waals surface area contributed by atoms with E-state index in [9.17, 15) is 4.79 Å². The number of aromatic nitrogens is 1. The van der Waals surface area contributed by atoms with Crippen LogP contribution in [0.2, 0.25) is 0 Å². The molecule has 0 bridgehead atoms. The van der Waals surface area contributed by atoms with E-state index in [0.717, 1.165) is 58.9 Å². The number of nitrogens with two attached hydrogens (primary N) is 1. The lowest BCUT2D eigenvalue weighted by atomic mass is 9.80. The molecule has 3 aromatic rings. The number of carbonyl (C=O) groups excluding carboxylic acids is 1. The average molecular weight is 465 g/mol. The van der Waals surface area contributed by atoms with E-state index in [1.807, 2.05) is 31.2 Å². The van der Waals surface area contributed by atoms with Gasteiger partial charge < -0.3 is 25.8 Å². The first-order chi connectivity index (χ1) is 16.0. The second kappa shape index (κ2) is 7.88. The highest BCUT2D eigenvalue weighted by Gasteiger charge is 2.44. The molecule has 0 unspecified atom stereocenters. The van der Waals surface area contributed by atoms with Gasteiger partial charge in [0.05, 0.1) is 17.8 Å². The van der Waals surface area contributed by atoms with Gasteiger partial charge in [0.2, 0.25) is 0 Å². The minimum atomic E-state index is -0.175. The van der Waals surface area contributed by atoms with E-state index in [-0.39, 0.29) is 18.1 Å². The number of amides is 1. The molecule has 2 atom stereocenters. The van der Waals surface area contributed by atoms with Gasteiger partial charge in [-0.3, -0.25) is 4.79 Å². The summed E-state index contributed by atoms with van der Waals surface area (Å²) in [6.07, 6.45) is 4.48. The van der Waals surface area contributed by atoms with Crippen LogP contribution in [0.4, 0.5) is 5.69 Å². The third-order valence-electron chi connectivity index (χ3n) is 7.18. The number of pyridine rings is 1. The Labute approximate surface area is 196 Å². The number of rotatable bonds is 4. The number of fused-ring (bicyclic) bond motifs is 2. The lowest BCUT2D eigenvalue weighted by Crippen LogP contribution is -2.52. The fraction of sp³-hybridized carbons (Fsp3) is 0.440. The molecule has 1 saturated heterocycles. The van der Waals surface area contributed by atoms with Crippen LogP contribution in [0.15, 0.2) is 30.3 Å². The van der Waals surface area contributed by atoms with Crippen molar-refractivity contribution in [1.82, 2.24) is 15.6 Å². The molecule has 4 N–H and O–H groups in total. The van der Waals surface area contributed by atoms with Gasteiger partial charge >= 0.3 is 0 Å². The molecule has 1 saturated carbocycles. The largest absolute Gasteiger partial charge is 0.491 e. The predicted molar refractivity (Wildman–Crippen MR) is 129 cm³/mol. The number of aryl methyl sites for hydroxylation is 1. The van der Waals surface area contributed by atoms with Gasteiger partial charge in [0.1, 0.15) is 27.8 Å². The number of nitrogens with one attached hydrogen (secondary N) is 2. The van der Waals surface area contributed by atoms with Crippen LogP contribution in [0.1, 0.15) is 40.2 Å². The standard InChI is InChI=1S/C25H28N4O3S/c1-14-2-5-19-21(26)22(33-24(19)28-14)23(30)29-16-8-15-3-4-17(9-20(15)31-11-16)32-18-6-7-25(10-18)12-27-13-25/h2-5,9,16,18,27H,6-8,10-13,26H2,1H3,(H,29,30)/t16-,18+/m1/s1. The summed E-state index contributed by atoms with van der Waals surface area (Å²) in [4.78, 5) is 18.7. The molecule has 172 valence electrons. The van der Waals surface area contributed by atoms with Crippen LogP contribution < -0.4 is 25.8 Å². The minimum Gasteiger partial charge on any atom is -0.491 e. The van der Waals surface area contributed by atoms with E-state index in [4.69, 9.17) is 15.2 Å². The number of carbonyl (C=O) groups is 1. The van der Waals surface area contributed by atoms with Crippen molar-refractivity contribution in [3.63, 3.8) is 0 Å². The molecular weight excluding hydrogens is 436 g/mol. The van der Waals surface area contributed by atoms with Crippen LogP contribution in [0.5, 0.6) is 11.5 Å². The van der Waals surface area contributed by atoms with E-state index in [0.29, 0.717) is 29.0 Å². The molecule has 7 nitrogen and oxygen atoms in total. The highest BCUT2D eigenvalue weighted by Crippen LogP contribution is 2.43. The fourth-order valence-corrected chi connectivity index (χ4v) is 6.32. The third kappa shape index (κ3) is 3.81. The number of nitrogens with zero attached hydrogens (tertiary/aromatic N) is 1. The summed E-state index contributed by atoms with van der Waals surface area (Å²) in [5.74, 6) is 1.54. The lowest BCUT2D eigenvalue weighted by Gasteiger charge is -2.39. The number of ether oxygens (including phenoxy) is 2. The molecule has 33 heavy (non-hydrogen) atoms. The second-order valence-corrected chi connectivity index (χ2v) is 10.7. The fourth-order valence-electron chi connectivity index (χ4n) is 5.27. The van der Waals surface area contributed by atoms with Crippen LogP contribution in [-0.4, -0.2) is 42.7 Å².